The van der Waals surface area contributed by atoms with Gasteiger partial charge in [0, 0.05) is 7.11 Å². The monoisotopic (exact) mass is 264 g/mol. The predicted molar refractivity (Wildman–Crippen MR) is 68.0 cm³/mol. The fourth-order valence-electron chi connectivity index (χ4n) is 2.13. The third-order valence-electron chi connectivity index (χ3n) is 3.42. The smallest absolute Gasteiger partial charge is 0.354 e. The van der Waals surface area contributed by atoms with Crippen LogP contribution < -0.4 is 5.32 Å². The van der Waals surface area contributed by atoms with Crippen molar-refractivity contribution in [1.29, 1.82) is 0 Å². The van der Waals surface area contributed by atoms with Crippen LogP contribution in [0.25, 0.3) is 0 Å². The number of ether oxygens (including phenoxy) is 1. The summed E-state index contributed by atoms with van der Waals surface area (Å²) in [5, 5.41) is 11.4. The highest BCUT2D eigenvalue weighted by molar-refractivity contribution is 5.91. The molecule has 0 saturated heterocycles. The van der Waals surface area contributed by atoms with Gasteiger partial charge in [-0.05, 0) is 31.4 Å². The molecule has 0 spiro atoms. The minimum atomic E-state index is -1.12. The van der Waals surface area contributed by atoms with Gasteiger partial charge in [0.05, 0.1) is 12.0 Å². The van der Waals surface area contributed by atoms with Crippen LogP contribution >= 0.6 is 0 Å². The van der Waals surface area contributed by atoms with E-state index in [9.17, 15) is 9.59 Å². The van der Waals surface area contributed by atoms with Crippen LogP contribution in [0, 0.1) is 0 Å². The number of nitrogens with zero attached hydrogens (tertiary/aromatic N) is 1. The number of carboxylic acid groups (broad SMARTS) is 1. The minimum absolute atomic E-state index is 0.0945. The van der Waals surface area contributed by atoms with Gasteiger partial charge in [-0.3, -0.25) is 4.79 Å². The summed E-state index contributed by atoms with van der Waals surface area (Å²) in [6.45, 7) is 0. The third kappa shape index (κ3) is 3.08. The quantitative estimate of drug-likeness (QED) is 0.844. The molecule has 0 bridgehead atoms. The van der Waals surface area contributed by atoms with Crippen LogP contribution in [-0.2, 0) is 9.53 Å². The molecular weight excluding hydrogens is 248 g/mol. The van der Waals surface area contributed by atoms with Gasteiger partial charge in [0.2, 0.25) is 5.91 Å². The van der Waals surface area contributed by atoms with E-state index in [0.29, 0.717) is 0 Å². The number of rotatable bonds is 5. The molecule has 2 N–H and O–H groups in total. The van der Waals surface area contributed by atoms with Crippen LogP contribution in [0.5, 0.6) is 0 Å². The summed E-state index contributed by atoms with van der Waals surface area (Å²) < 4.78 is 5.37. The molecule has 1 fully saturated rings. The molecule has 0 aromatic carbocycles. The maximum absolute atomic E-state index is 11.9. The lowest BCUT2D eigenvalue weighted by molar-refractivity contribution is -0.129. The molecule has 0 atom stereocenters. The van der Waals surface area contributed by atoms with E-state index in [4.69, 9.17) is 9.84 Å². The van der Waals surface area contributed by atoms with E-state index in [1.807, 2.05) is 0 Å². The first-order valence-electron chi connectivity index (χ1n) is 6.10. The van der Waals surface area contributed by atoms with Crippen molar-refractivity contribution in [1.82, 2.24) is 4.98 Å². The Bertz CT molecular complexity index is 492. The number of anilines is 1. The molecule has 0 radical (unpaired) electrons. The van der Waals surface area contributed by atoms with Gasteiger partial charge in [0.1, 0.15) is 5.82 Å². The van der Waals surface area contributed by atoms with Gasteiger partial charge in [0.25, 0.3) is 0 Å². The first-order chi connectivity index (χ1) is 9.04. The molecular formula is C13H16N2O4. The van der Waals surface area contributed by atoms with E-state index in [0.717, 1.165) is 19.3 Å². The summed E-state index contributed by atoms with van der Waals surface area (Å²) >= 11 is 0. The second kappa shape index (κ2) is 5.36. The third-order valence-corrected chi connectivity index (χ3v) is 3.42. The zero-order valence-corrected chi connectivity index (χ0v) is 10.7. The first-order valence-corrected chi connectivity index (χ1v) is 6.10. The van der Waals surface area contributed by atoms with Crippen molar-refractivity contribution in [3.63, 3.8) is 0 Å². The highest BCUT2D eigenvalue weighted by Crippen LogP contribution is 2.38. The SMILES string of the molecule is COC1(CC(=O)Nc2cccc(C(=O)O)n2)CCC1. The van der Waals surface area contributed by atoms with Gasteiger partial charge >= 0.3 is 5.97 Å². The van der Waals surface area contributed by atoms with Crippen molar-refractivity contribution in [2.45, 2.75) is 31.3 Å². The number of carbonyl (C=O) groups is 2. The Hall–Kier alpha value is -1.95. The highest BCUT2D eigenvalue weighted by atomic mass is 16.5. The van der Waals surface area contributed by atoms with Crippen LogP contribution in [0.4, 0.5) is 5.82 Å². The zero-order valence-electron chi connectivity index (χ0n) is 10.7. The van der Waals surface area contributed by atoms with Gasteiger partial charge in [-0.15, -0.1) is 0 Å². The summed E-state index contributed by atoms with van der Waals surface area (Å²) in [5.74, 6) is -1.09. The predicted octanol–water partition coefficient (Wildman–Crippen LogP) is 1.68. The summed E-state index contributed by atoms with van der Waals surface area (Å²) in [6.07, 6.45) is 3.08. The Labute approximate surface area is 110 Å². The van der Waals surface area contributed by atoms with Gasteiger partial charge < -0.3 is 15.2 Å². The number of hydrogen-bond donors (Lipinski definition) is 2. The first kappa shape index (κ1) is 13.5. The molecule has 1 aromatic rings. The van der Waals surface area contributed by atoms with E-state index in [-0.39, 0.29) is 29.4 Å². The number of carbonyl (C=O) groups excluding carboxylic acids is 1. The van der Waals surface area contributed by atoms with Gasteiger partial charge in [-0.2, -0.15) is 0 Å². The molecule has 102 valence electrons. The summed E-state index contributed by atoms with van der Waals surface area (Å²) in [5.41, 5.74) is -0.447. The Morgan fingerprint density at radius 1 is 1.47 bits per heavy atom. The lowest BCUT2D eigenvalue weighted by Gasteiger charge is -2.39. The molecule has 0 aliphatic heterocycles. The molecule has 6 heteroatoms. The van der Waals surface area contributed by atoms with Crippen LogP contribution in [-0.4, -0.2) is 34.7 Å². The standard InChI is InChI=1S/C13H16N2O4/c1-19-13(6-3-7-13)8-11(16)15-10-5-2-4-9(14-10)12(17)18/h2,4-5H,3,6-8H2,1H3,(H,17,18)(H,14,15,16). The van der Waals surface area contributed by atoms with Crippen LogP contribution in [0.1, 0.15) is 36.2 Å². The van der Waals surface area contributed by atoms with Crippen molar-refractivity contribution in [2.24, 2.45) is 0 Å². The molecule has 1 aromatic heterocycles. The Kier molecular flexibility index (Phi) is 3.80. The molecule has 2 rings (SSSR count). The van der Waals surface area contributed by atoms with Crippen molar-refractivity contribution in [3.8, 4) is 0 Å². The largest absolute Gasteiger partial charge is 0.477 e. The Morgan fingerprint density at radius 2 is 2.21 bits per heavy atom. The molecule has 1 aliphatic rings. The molecule has 6 nitrogen and oxygen atoms in total. The lowest BCUT2D eigenvalue weighted by atomic mass is 9.77. The normalized spacial score (nSPS) is 16.5. The van der Waals surface area contributed by atoms with Gasteiger partial charge in [0.15, 0.2) is 5.69 Å². The molecule has 1 aliphatic carbocycles. The topological polar surface area (TPSA) is 88.5 Å². The van der Waals surface area contributed by atoms with Crippen LogP contribution in [0.3, 0.4) is 0 Å². The molecule has 19 heavy (non-hydrogen) atoms. The maximum atomic E-state index is 11.9. The van der Waals surface area contributed by atoms with E-state index >= 15 is 0 Å². The number of nitrogens with one attached hydrogen (secondary N) is 1. The fourth-order valence-corrected chi connectivity index (χ4v) is 2.13. The minimum Gasteiger partial charge on any atom is -0.477 e. The van der Waals surface area contributed by atoms with Gasteiger partial charge in [-0.25, -0.2) is 9.78 Å². The van der Waals surface area contributed by atoms with E-state index in [2.05, 4.69) is 10.3 Å². The van der Waals surface area contributed by atoms with Crippen LogP contribution in [0.15, 0.2) is 18.2 Å². The number of hydrogen-bond acceptors (Lipinski definition) is 4. The maximum Gasteiger partial charge on any atom is 0.354 e. The van der Waals surface area contributed by atoms with Crippen molar-refractivity contribution >= 4 is 17.7 Å². The number of aromatic carboxylic acids is 1. The molecule has 1 saturated carbocycles. The number of amides is 1. The molecule has 1 heterocycles. The summed E-state index contributed by atoms with van der Waals surface area (Å²) in [6, 6.07) is 4.48. The zero-order chi connectivity index (χ0) is 13.9. The number of aromatic nitrogens is 1. The Balaban J connectivity index is 1.99. The number of methoxy groups -OCH3 is 1. The number of pyridine rings is 1. The molecule has 0 unspecified atom stereocenters. The van der Waals surface area contributed by atoms with Crippen LogP contribution in [0.2, 0.25) is 0 Å². The van der Waals surface area contributed by atoms with Gasteiger partial charge in [-0.1, -0.05) is 6.07 Å². The molecule has 1 amide bonds. The Morgan fingerprint density at radius 3 is 2.74 bits per heavy atom. The second-order valence-electron chi connectivity index (χ2n) is 4.68. The second-order valence-corrected chi connectivity index (χ2v) is 4.68. The van der Waals surface area contributed by atoms with E-state index in [1.54, 1.807) is 19.2 Å². The van der Waals surface area contributed by atoms with Crippen molar-refractivity contribution in [3.05, 3.63) is 23.9 Å². The lowest BCUT2D eigenvalue weighted by Crippen LogP contribution is -2.42. The van der Waals surface area contributed by atoms with E-state index < -0.39 is 5.97 Å². The number of carboxylic acids is 1. The fraction of sp³-hybridized carbons (Fsp3) is 0.462. The average molecular weight is 264 g/mol. The summed E-state index contributed by atoms with van der Waals surface area (Å²) in [7, 11) is 1.61. The van der Waals surface area contributed by atoms with E-state index in [1.165, 1.54) is 6.07 Å². The van der Waals surface area contributed by atoms with Crippen molar-refractivity contribution in [2.75, 3.05) is 12.4 Å². The average Bonchev–Trinajstić information content (AvgIpc) is 2.34. The summed E-state index contributed by atoms with van der Waals surface area (Å²) in [4.78, 5) is 26.5. The van der Waals surface area contributed by atoms with Crippen molar-refractivity contribution < 1.29 is 19.4 Å². The highest BCUT2D eigenvalue weighted by Gasteiger charge is 2.39.